The Labute approximate surface area is 240 Å². The van der Waals surface area contributed by atoms with E-state index in [1.54, 1.807) is 41.8 Å². The van der Waals surface area contributed by atoms with Crippen LogP contribution in [0.15, 0.2) is 107 Å². The molecule has 0 unspecified atom stereocenters. The summed E-state index contributed by atoms with van der Waals surface area (Å²) < 4.78 is 11.5. The van der Waals surface area contributed by atoms with Crippen molar-refractivity contribution in [2.75, 3.05) is 6.61 Å². The number of furan rings is 1. The number of hydrazone groups is 1. The number of rotatable bonds is 10. The third-order valence-electron chi connectivity index (χ3n) is 6.22. The second-order valence-corrected chi connectivity index (χ2v) is 9.45. The average Bonchev–Trinajstić information content (AvgIpc) is 3.51. The number of phenols is 1. The molecule has 0 aliphatic carbocycles. The van der Waals surface area contributed by atoms with Crippen LogP contribution in [-0.2, 0) is 17.9 Å². The van der Waals surface area contributed by atoms with Crippen molar-refractivity contribution in [3.05, 3.63) is 125 Å². The first-order valence-corrected chi connectivity index (χ1v) is 13.0. The van der Waals surface area contributed by atoms with Crippen LogP contribution in [0, 0.1) is 0 Å². The van der Waals surface area contributed by atoms with E-state index in [2.05, 4.69) is 15.5 Å². The number of hydrogen-bond acceptors (Lipinski definition) is 7. The molecule has 0 aliphatic rings. The van der Waals surface area contributed by atoms with Gasteiger partial charge in [-0.2, -0.15) is 5.10 Å². The zero-order chi connectivity index (χ0) is 28.6. The van der Waals surface area contributed by atoms with E-state index in [4.69, 9.17) is 20.8 Å². The summed E-state index contributed by atoms with van der Waals surface area (Å²) in [6.45, 7) is 0.473. The summed E-state index contributed by atoms with van der Waals surface area (Å²) in [7, 11) is 0. The molecule has 5 aromatic rings. The molecule has 0 aliphatic heterocycles. The van der Waals surface area contributed by atoms with E-state index in [-0.39, 0.29) is 28.8 Å². The summed E-state index contributed by atoms with van der Waals surface area (Å²) >= 11 is 5.89. The first-order valence-electron chi connectivity index (χ1n) is 12.6. The first kappa shape index (κ1) is 27.4. The number of fused-ring (bicyclic) bond motifs is 1. The largest absolute Gasteiger partial charge is 0.506 e. The van der Waals surface area contributed by atoms with Crippen molar-refractivity contribution in [2.24, 2.45) is 5.10 Å². The van der Waals surface area contributed by atoms with Gasteiger partial charge in [0.1, 0.15) is 17.3 Å². The van der Waals surface area contributed by atoms with Gasteiger partial charge in [-0.1, -0.05) is 41.9 Å². The quantitative estimate of drug-likeness (QED) is 0.168. The van der Waals surface area contributed by atoms with E-state index in [0.717, 1.165) is 21.9 Å². The normalized spacial score (nSPS) is 11.0. The van der Waals surface area contributed by atoms with Gasteiger partial charge in [-0.3, -0.25) is 14.6 Å². The second-order valence-electron chi connectivity index (χ2n) is 9.04. The first-order chi connectivity index (χ1) is 20.0. The molecule has 2 aromatic heterocycles. The highest BCUT2D eigenvalue weighted by atomic mass is 35.5. The number of benzene rings is 3. The summed E-state index contributed by atoms with van der Waals surface area (Å²) in [5.74, 6) is 0.402. The summed E-state index contributed by atoms with van der Waals surface area (Å²) in [4.78, 5) is 31.5. The van der Waals surface area contributed by atoms with Gasteiger partial charge in [-0.05, 0) is 59.5 Å². The molecule has 0 atom stereocenters. The molecule has 0 saturated heterocycles. The van der Waals surface area contributed by atoms with Crippen LogP contribution >= 0.6 is 11.6 Å². The average molecular weight is 569 g/mol. The number of hydrogen-bond donors (Lipinski definition) is 2. The third-order valence-corrected chi connectivity index (χ3v) is 6.53. The number of aromatic nitrogens is 1. The molecule has 0 fully saturated rings. The summed E-state index contributed by atoms with van der Waals surface area (Å²) in [5.41, 5.74) is 4.34. The number of halogens is 1. The number of carbonyl (C=O) groups excluding carboxylic acids is 2. The predicted molar refractivity (Wildman–Crippen MR) is 155 cm³/mol. The topological polar surface area (TPSA) is 117 Å². The van der Waals surface area contributed by atoms with E-state index < -0.39 is 5.91 Å². The van der Waals surface area contributed by atoms with Crippen molar-refractivity contribution in [3.8, 4) is 11.5 Å². The van der Waals surface area contributed by atoms with Crippen LogP contribution in [0.25, 0.3) is 10.8 Å². The maximum Gasteiger partial charge on any atom is 0.271 e. The lowest BCUT2D eigenvalue weighted by molar-refractivity contribution is -0.134. The molecule has 206 valence electrons. The molecule has 2 heterocycles. The standard InChI is InChI=1S/C31H25ClN4O5/c32-27-15-22(9-11-28(27)37)31(39)35-34-17-23-10-12-29(26-8-2-1-7-25(23)26)41-20-30(38)36(19-24-6-4-14-40-24)18-21-5-3-13-33-16-21/h1-17,37H,18-20H2,(H,35,39)/b34-17+. The van der Waals surface area contributed by atoms with Crippen molar-refractivity contribution in [1.29, 1.82) is 0 Å². The van der Waals surface area contributed by atoms with Crippen molar-refractivity contribution in [2.45, 2.75) is 13.1 Å². The lowest BCUT2D eigenvalue weighted by atomic mass is 10.0. The molecule has 9 nitrogen and oxygen atoms in total. The van der Waals surface area contributed by atoms with Gasteiger partial charge in [-0.15, -0.1) is 0 Å². The fourth-order valence-corrected chi connectivity index (χ4v) is 4.35. The maximum absolute atomic E-state index is 13.3. The molecule has 0 radical (unpaired) electrons. The van der Waals surface area contributed by atoms with E-state index in [9.17, 15) is 14.7 Å². The van der Waals surface area contributed by atoms with Gasteiger partial charge in [0.2, 0.25) is 0 Å². The van der Waals surface area contributed by atoms with Gasteiger partial charge < -0.3 is 19.2 Å². The summed E-state index contributed by atoms with van der Waals surface area (Å²) in [5, 5.41) is 15.3. The number of nitrogens with zero attached hydrogens (tertiary/aromatic N) is 3. The Morgan fingerprint density at radius 1 is 1.02 bits per heavy atom. The molecule has 2 N–H and O–H groups in total. The minimum absolute atomic E-state index is 0.0721. The number of aromatic hydroxyl groups is 1. The monoisotopic (exact) mass is 568 g/mol. The number of amides is 2. The Kier molecular flexibility index (Phi) is 8.56. The Balaban J connectivity index is 1.29. The van der Waals surface area contributed by atoms with Crippen LogP contribution in [-0.4, -0.2) is 39.6 Å². The van der Waals surface area contributed by atoms with Gasteiger partial charge >= 0.3 is 0 Å². The smallest absolute Gasteiger partial charge is 0.271 e. The number of phenolic OH excluding ortho intramolecular Hbond substituents is 1. The predicted octanol–water partition coefficient (Wildman–Crippen LogP) is 5.56. The van der Waals surface area contributed by atoms with E-state index in [0.29, 0.717) is 24.6 Å². The van der Waals surface area contributed by atoms with Gasteiger partial charge in [0.05, 0.1) is 24.0 Å². The van der Waals surface area contributed by atoms with E-state index in [1.165, 1.54) is 24.4 Å². The van der Waals surface area contributed by atoms with Crippen molar-refractivity contribution < 1.29 is 23.8 Å². The summed E-state index contributed by atoms with van der Waals surface area (Å²) in [6, 6.07) is 22.6. The van der Waals surface area contributed by atoms with Gasteiger partial charge in [-0.25, -0.2) is 5.43 Å². The van der Waals surface area contributed by atoms with Crippen LogP contribution < -0.4 is 10.2 Å². The van der Waals surface area contributed by atoms with Gasteiger partial charge in [0, 0.05) is 35.5 Å². The molecule has 41 heavy (non-hydrogen) atoms. The summed E-state index contributed by atoms with van der Waals surface area (Å²) in [6.07, 6.45) is 6.50. The molecule has 3 aromatic carbocycles. The maximum atomic E-state index is 13.3. The Morgan fingerprint density at radius 2 is 1.88 bits per heavy atom. The van der Waals surface area contributed by atoms with Crippen LogP contribution in [0.2, 0.25) is 5.02 Å². The molecule has 0 saturated carbocycles. The van der Waals surface area contributed by atoms with Crippen LogP contribution in [0.1, 0.15) is 27.2 Å². The number of ether oxygens (including phenoxy) is 1. The van der Waals surface area contributed by atoms with Crippen LogP contribution in [0.4, 0.5) is 0 Å². The van der Waals surface area contributed by atoms with Crippen molar-refractivity contribution >= 4 is 40.4 Å². The van der Waals surface area contributed by atoms with Crippen LogP contribution in [0.3, 0.4) is 0 Å². The Morgan fingerprint density at radius 3 is 2.63 bits per heavy atom. The highest BCUT2D eigenvalue weighted by Gasteiger charge is 2.18. The zero-order valence-electron chi connectivity index (χ0n) is 21.7. The third kappa shape index (κ3) is 6.90. The van der Waals surface area contributed by atoms with Gasteiger partial charge in [0.15, 0.2) is 6.61 Å². The fraction of sp³-hybridized carbons (Fsp3) is 0.0968. The number of pyridine rings is 1. The highest BCUT2D eigenvalue weighted by molar-refractivity contribution is 6.32. The number of nitrogens with one attached hydrogen (secondary N) is 1. The van der Waals surface area contributed by atoms with Crippen LogP contribution in [0.5, 0.6) is 11.5 Å². The molecule has 2 amide bonds. The zero-order valence-corrected chi connectivity index (χ0v) is 22.5. The molecular weight excluding hydrogens is 544 g/mol. The minimum atomic E-state index is -0.476. The van der Waals surface area contributed by atoms with E-state index >= 15 is 0 Å². The lowest BCUT2D eigenvalue weighted by Gasteiger charge is -2.22. The lowest BCUT2D eigenvalue weighted by Crippen LogP contribution is -2.34. The minimum Gasteiger partial charge on any atom is -0.506 e. The Bertz CT molecular complexity index is 1690. The molecule has 5 rings (SSSR count). The van der Waals surface area contributed by atoms with Crippen molar-refractivity contribution in [1.82, 2.24) is 15.3 Å². The fourth-order valence-electron chi connectivity index (χ4n) is 4.17. The SMILES string of the molecule is O=C(N/N=C/c1ccc(OCC(=O)N(Cc2cccnc2)Cc2ccco2)c2ccccc12)c1ccc(O)c(Cl)c1. The molecular formula is C31H25ClN4O5. The van der Waals surface area contributed by atoms with Crippen molar-refractivity contribution in [3.63, 3.8) is 0 Å². The highest BCUT2D eigenvalue weighted by Crippen LogP contribution is 2.28. The molecule has 0 spiro atoms. The molecule has 0 bridgehead atoms. The number of carbonyl (C=O) groups is 2. The second kappa shape index (κ2) is 12.8. The van der Waals surface area contributed by atoms with E-state index in [1.807, 2.05) is 42.5 Å². The molecule has 10 heteroatoms. The van der Waals surface area contributed by atoms with Gasteiger partial charge in [0.25, 0.3) is 11.8 Å². The Hall–Kier alpha value is -5.15.